The van der Waals surface area contributed by atoms with Gasteiger partial charge < -0.3 is 19.5 Å². The number of nitrogens with one attached hydrogen (secondary N) is 2. The van der Waals surface area contributed by atoms with Gasteiger partial charge in [0.2, 0.25) is 11.1 Å². The Morgan fingerprint density at radius 3 is 2.47 bits per heavy atom. The molecule has 0 unspecified atom stereocenters. The molecule has 0 atom stereocenters. The van der Waals surface area contributed by atoms with Gasteiger partial charge in [-0.05, 0) is 38.5 Å². The summed E-state index contributed by atoms with van der Waals surface area (Å²) >= 11 is 2.53. The van der Waals surface area contributed by atoms with Gasteiger partial charge in [-0.3, -0.25) is 9.89 Å². The summed E-state index contributed by atoms with van der Waals surface area (Å²) in [6.45, 7) is 5.75. The van der Waals surface area contributed by atoms with E-state index in [-0.39, 0.29) is 18.3 Å². The van der Waals surface area contributed by atoms with Crippen molar-refractivity contribution in [1.29, 1.82) is 0 Å². The topological polar surface area (TPSA) is 115 Å². The van der Waals surface area contributed by atoms with Crippen molar-refractivity contribution in [3.05, 3.63) is 34.2 Å². The number of nitrogens with zero attached hydrogens (tertiary/aromatic N) is 2. The highest BCUT2D eigenvalue weighted by atomic mass is 32.2. The van der Waals surface area contributed by atoms with Gasteiger partial charge in [0.1, 0.15) is 16.5 Å². The standard InChI is InChI=1S/C21H24N4O5S2/c1-6-30-20(27)17-11(2)12(3)32-19(17)22-16(26)10-31-21-23-18(24-25-21)13-7-14(28-4)9-15(8-13)29-5/h7-9H,6,10H2,1-5H3,(H,22,26)(H,23,24,25). The van der Waals surface area contributed by atoms with E-state index in [1.807, 2.05) is 26.0 Å². The summed E-state index contributed by atoms with van der Waals surface area (Å²) in [5.74, 6) is 1.16. The highest BCUT2D eigenvalue weighted by Gasteiger charge is 2.22. The van der Waals surface area contributed by atoms with Crippen LogP contribution in [-0.4, -0.2) is 53.6 Å². The number of benzene rings is 1. The second kappa shape index (κ2) is 10.5. The molecule has 9 nitrogen and oxygen atoms in total. The lowest BCUT2D eigenvalue weighted by molar-refractivity contribution is -0.113. The predicted octanol–water partition coefficient (Wildman–Crippen LogP) is 4.07. The molecule has 3 aromatic rings. The molecule has 0 radical (unpaired) electrons. The minimum absolute atomic E-state index is 0.0803. The summed E-state index contributed by atoms with van der Waals surface area (Å²) in [5, 5.41) is 10.7. The van der Waals surface area contributed by atoms with Crippen LogP contribution < -0.4 is 14.8 Å². The monoisotopic (exact) mass is 476 g/mol. The lowest BCUT2D eigenvalue weighted by atomic mass is 10.1. The maximum absolute atomic E-state index is 12.5. The summed E-state index contributed by atoms with van der Waals surface area (Å²) in [4.78, 5) is 30.2. The molecule has 2 aromatic heterocycles. The van der Waals surface area contributed by atoms with E-state index in [2.05, 4.69) is 20.5 Å². The zero-order valence-corrected chi connectivity index (χ0v) is 20.0. The maximum atomic E-state index is 12.5. The SMILES string of the molecule is CCOC(=O)c1c(NC(=O)CSc2n[nH]c(-c3cc(OC)cc(OC)c3)n2)sc(C)c1C. The first-order valence-corrected chi connectivity index (χ1v) is 11.5. The van der Waals surface area contributed by atoms with Crippen LogP contribution in [0.1, 0.15) is 27.7 Å². The second-order valence-electron chi connectivity index (χ2n) is 6.61. The van der Waals surface area contributed by atoms with Crippen molar-refractivity contribution in [2.45, 2.75) is 25.9 Å². The van der Waals surface area contributed by atoms with Gasteiger partial charge in [-0.2, -0.15) is 0 Å². The van der Waals surface area contributed by atoms with E-state index in [9.17, 15) is 9.59 Å². The van der Waals surface area contributed by atoms with Gasteiger partial charge in [-0.15, -0.1) is 16.4 Å². The van der Waals surface area contributed by atoms with Gasteiger partial charge in [0.25, 0.3) is 0 Å². The largest absolute Gasteiger partial charge is 0.497 e. The van der Waals surface area contributed by atoms with Crippen LogP contribution in [0.25, 0.3) is 11.4 Å². The van der Waals surface area contributed by atoms with Crippen LogP contribution in [0.2, 0.25) is 0 Å². The summed E-state index contributed by atoms with van der Waals surface area (Å²) in [6, 6.07) is 5.38. The molecule has 0 aliphatic carbocycles. The number of thioether (sulfide) groups is 1. The van der Waals surface area contributed by atoms with E-state index < -0.39 is 5.97 Å². The number of aryl methyl sites for hydroxylation is 1. The molecule has 32 heavy (non-hydrogen) atoms. The van der Waals surface area contributed by atoms with Crippen LogP contribution in [0.15, 0.2) is 23.4 Å². The summed E-state index contributed by atoms with van der Waals surface area (Å²) in [6.07, 6.45) is 0. The number of carbonyl (C=O) groups excluding carboxylic acids is 2. The van der Waals surface area contributed by atoms with Crippen molar-refractivity contribution in [3.63, 3.8) is 0 Å². The van der Waals surface area contributed by atoms with Gasteiger partial charge in [0, 0.05) is 16.5 Å². The molecule has 0 bridgehead atoms. The second-order valence-corrected chi connectivity index (χ2v) is 8.78. The highest BCUT2D eigenvalue weighted by Crippen LogP contribution is 2.33. The fraction of sp³-hybridized carbons (Fsp3) is 0.333. The number of hydrogen-bond donors (Lipinski definition) is 2. The first-order valence-electron chi connectivity index (χ1n) is 9.71. The van der Waals surface area contributed by atoms with Crippen LogP contribution in [-0.2, 0) is 9.53 Å². The number of anilines is 1. The minimum Gasteiger partial charge on any atom is -0.497 e. The van der Waals surface area contributed by atoms with E-state index in [1.165, 1.54) is 23.1 Å². The number of amides is 1. The van der Waals surface area contributed by atoms with Crippen LogP contribution in [0.5, 0.6) is 11.5 Å². The van der Waals surface area contributed by atoms with Gasteiger partial charge in [-0.25, -0.2) is 9.78 Å². The molecular weight excluding hydrogens is 452 g/mol. The summed E-state index contributed by atoms with van der Waals surface area (Å²) in [5.41, 5.74) is 1.96. The number of thiophene rings is 1. The molecule has 0 saturated carbocycles. The third-order valence-electron chi connectivity index (χ3n) is 4.54. The van der Waals surface area contributed by atoms with Crippen molar-refractivity contribution in [2.24, 2.45) is 0 Å². The average molecular weight is 477 g/mol. The number of methoxy groups -OCH3 is 2. The molecule has 0 aliphatic rings. The number of H-pyrrole nitrogens is 1. The molecule has 11 heteroatoms. The number of aromatic nitrogens is 3. The summed E-state index contributed by atoms with van der Waals surface area (Å²) in [7, 11) is 3.14. The Kier molecular flexibility index (Phi) is 7.75. The van der Waals surface area contributed by atoms with Gasteiger partial charge in [0.05, 0.1) is 32.1 Å². The first-order chi connectivity index (χ1) is 15.4. The van der Waals surface area contributed by atoms with Crippen LogP contribution in [0, 0.1) is 13.8 Å². The van der Waals surface area contributed by atoms with E-state index in [0.717, 1.165) is 16.0 Å². The van der Waals surface area contributed by atoms with Gasteiger partial charge >= 0.3 is 5.97 Å². The fourth-order valence-corrected chi connectivity index (χ4v) is 4.50. The Morgan fingerprint density at radius 2 is 1.84 bits per heavy atom. The Balaban J connectivity index is 1.67. The van der Waals surface area contributed by atoms with Crippen molar-refractivity contribution >= 4 is 40.0 Å². The molecule has 0 fully saturated rings. The van der Waals surface area contributed by atoms with Gasteiger partial charge in [-0.1, -0.05) is 11.8 Å². The van der Waals surface area contributed by atoms with Crippen LogP contribution in [0.4, 0.5) is 5.00 Å². The van der Waals surface area contributed by atoms with Crippen LogP contribution in [0.3, 0.4) is 0 Å². The Labute approximate surface area is 193 Å². The summed E-state index contributed by atoms with van der Waals surface area (Å²) < 4.78 is 15.7. The molecule has 0 saturated heterocycles. The fourth-order valence-electron chi connectivity index (χ4n) is 2.84. The molecular formula is C21H24N4O5S2. The Morgan fingerprint density at radius 1 is 1.16 bits per heavy atom. The van der Waals surface area contributed by atoms with E-state index in [1.54, 1.807) is 27.2 Å². The quantitative estimate of drug-likeness (QED) is 0.351. The van der Waals surface area contributed by atoms with Crippen molar-refractivity contribution < 1.29 is 23.8 Å². The van der Waals surface area contributed by atoms with E-state index >= 15 is 0 Å². The number of rotatable bonds is 9. The number of aromatic amines is 1. The lowest BCUT2D eigenvalue weighted by Gasteiger charge is -2.06. The Hall–Kier alpha value is -3.05. The molecule has 0 aliphatic heterocycles. The molecule has 2 N–H and O–H groups in total. The first kappa shape index (κ1) is 23.6. The van der Waals surface area contributed by atoms with Crippen LogP contribution >= 0.6 is 23.1 Å². The zero-order chi connectivity index (χ0) is 23.3. The smallest absolute Gasteiger partial charge is 0.341 e. The Bertz CT molecular complexity index is 1100. The van der Waals surface area contributed by atoms with Crippen molar-refractivity contribution in [3.8, 4) is 22.9 Å². The third kappa shape index (κ3) is 5.40. The average Bonchev–Trinajstić information content (AvgIpc) is 3.36. The number of carbonyl (C=O) groups is 2. The van der Waals surface area contributed by atoms with Crippen molar-refractivity contribution in [2.75, 3.05) is 31.9 Å². The molecule has 1 amide bonds. The van der Waals surface area contributed by atoms with Crippen molar-refractivity contribution in [1.82, 2.24) is 15.2 Å². The maximum Gasteiger partial charge on any atom is 0.341 e. The normalized spacial score (nSPS) is 10.7. The van der Waals surface area contributed by atoms with E-state index in [4.69, 9.17) is 14.2 Å². The molecule has 1 aromatic carbocycles. The number of esters is 1. The number of ether oxygens (including phenoxy) is 3. The minimum atomic E-state index is -0.440. The third-order valence-corrected chi connectivity index (χ3v) is 6.51. The lowest BCUT2D eigenvalue weighted by Crippen LogP contribution is -2.16. The predicted molar refractivity (Wildman–Crippen MR) is 124 cm³/mol. The molecule has 0 spiro atoms. The zero-order valence-electron chi connectivity index (χ0n) is 18.4. The molecule has 2 heterocycles. The molecule has 3 rings (SSSR count). The highest BCUT2D eigenvalue weighted by molar-refractivity contribution is 7.99. The van der Waals surface area contributed by atoms with E-state index in [0.29, 0.717) is 33.0 Å². The van der Waals surface area contributed by atoms with Gasteiger partial charge in [0.15, 0.2) is 5.82 Å². The number of hydrogen-bond acceptors (Lipinski definition) is 9. The molecule has 170 valence electrons.